The van der Waals surface area contributed by atoms with Crippen LogP contribution in [-0.4, -0.2) is 37.8 Å². The largest absolute Gasteiger partial charge is 0.368 e. The third kappa shape index (κ3) is 2.81. The molecule has 2 aromatic heterocycles. The fourth-order valence-electron chi connectivity index (χ4n) is 3.04. The maximum Gasteiger partial charge on any atom is 0.257 e. The van der Waals surface area contributed by atoms with Crippen LogP contribution < -0.4 is 10.6 Å². The predicted octanol–water partition coefficient (Wildman–Crippen LogP) is 1.65. The topological polar surface area (TPSA) is 85.8 Å². The molecule has 112 valence electrons. The van der Waals surface area contributed by atoms with E-state index in [0.29, 0.717) is 23.9 Å². The van der Waals surface area contributed by atoms with Gasteiger partial charge in [0.15, 0.2) is 0 Å². The van der Waals surface area contributed by atoms with Crippen LogP contribution in [0.25, 0.3) is 5.95 Å². The number of nitrogen functional groups attached to an aromatic ring is 1. The summed E-state index contributed by atoms with van der Waals surface area (Å²) in [6, 6.07) is 2.28. The van der Waals surface area contributed by atoms with Gasteiger partial charge in [0.05, 0.1) is 0 Å². The van der Waals surface area contributed by atoms with Crippen molar-refractivity contribution in [2.75, 3.05) is 17.7 Å². The first-order valence-electron chi connectivity index (χ1n) is 7.39. The number of hydrogen-bond acceptors (Lipinski definition) is 6. The second kappa shape index (κ2) is 5.67. The van der Waals surface area contributed by atoms with Gasteiger partial charge in [-0.3, -0.25) is 0 Å². The first-order chi connectivity index (χ1) is 10.1. The Bertz CT molecular complexity index is 595. The molecule has 0 bridgehead atoms. The molecule has 3 rings (SSSR count). The highest BCUT2D eigenvalue weighted by atomic mass is 15.4. The lowest BCUT2D eigenvalue weighted by molar-refractivity contribution is 0.319. The number of anilines is 2. The maximum atomic E-state index is 5.84. The van der Waals surface area contributed by atoms with E-state index in [2.05, 4.69) is 31.9 Å². The summed E-state index contributed by atoms with van der Waals surface area (Å²) in [6.45, 7) is 2.29. The summed E-state index contributed by atoms with van der Waals surface area (Å²) in [5.41, 5.74) is 5.84. The monoisotopic (exact) mass is 287 g/mol. The van der Waals surface area contributed by atoms with Crippen molar-refractivity contribution >= 4 is 11.9 Å². The molecular weight excluding hydrogens is 266 g/mol. The van der Waals surface area contributed by atoms with Crippen molar-refractivity contribution in [3.05, 3.63) is 18.5 Å². The zero-order valence-electron chi connectivity index (χ0n) is 12.5. The van der Waals surface area contributed by atoms with Gasteiger partial charge in [0, 0.05) is 25.5 Å². The Kier molecular flexibility index (Phi) is 3.72. The highest BCUT2D eigenvalue weighted by molar-refractivity contribution is 5.38. The lowest BCUT2D eigenvalue weighted by Gasteiger charge is -2.36. The molecular formula is C14H21N7. The smallest absolute Gasteiger partial charge is 0.257 e. The Balaban J connectivity index is 1.91. The minimum Gasteiger partial charge on any atom is -0.368 e. The van der Waals surface area contributed by atoms with Crippen LogP contribution >= 0.6 is 0 Å². The molecule has 2 unspecified atom stereocenters. The van der Waals surface area contributed by atoms with Gasteiger partial charge in [-0.2, -0.15) is 20.1 Å². The minimum absolute atomic E-state index is 0.223. The van der Waals surface area contributed by atoms with Gasteiger partial charge in [0.25, 0.3) is 5.95 Å². The molecule has 1 saturated carbocycles. The molecule has 2 heterocycles. The molecule has 7 heteroatoms. The molecule has 2 aromatic rings. The van der Waals surface area contributed by atoms with Gasteiger partial charge in [-0.25, -0.2) is 4.68 Å². The molecule has 0 aromatic carbocycles. The van der Waals surface area contributed by atoms with Gasteiger partial charge in [-0.15, -0.1) is 0 Å². The molecule has 0 spiro atoms. The molecule has 1 aliphatic carbocycles. The molecule has 2 N–H and O–H groups in total. The summed E-state index contributed by atoms with van der Waals surface area (Å²) in [5, 5.41) is 4.15. The summed E-state index contributed by atoms with van der Waals surface area (Å²) in [7, 11) is 2.04. The quantitative estimate of drug-likeness (QED) is 0.924. The zero-order valence-corrected chi connectivity index (χ0v) is 12.5. The second-order valence-corrected chi connectivity index (χ2v) is 5.68. The molecule has 7 nitrogen and oxygen atoms in total. The molecule has 0 amide bonds. The number of nitrogens with zero attached hydrogens (tertiary/aromatic N) is 6. The van der Waals surface area contributed by atoms with Crippen LogP contribution in [-0.2, 0) is 0 Å². The number of aromatic nitrogens is 5. The highest BCUT2D eigenvalue weighted by Gasteiger charge is 2.27. The average Bonchev–Trinajstić information content (AvgIpc) is 3.01. The average molecular weight is 287 g/mol. The van der Waals surface area contributed by atoms with E-state index in [1.54, 1.807) is 17.1 Å². The van der Waals surface area contributed by atoms with Gasteiger partial charge in [0.1, 0.15) is 0 Å². The SMILES string of the molecule is CC1CCCCC1N(C)c1nc(N)nc(-n2cccn2)n1. The molecule has 0 radical (unpaired) electrons. The third-order valence-corrected chi connectivity index (χ3v) is 4.22. The van der Waals surface area contributed by atoms with Crippen molar-refractivity contribution in [3.63, 3.8) is 0 Å². The van der Waals surface area contributed by atoms with Crippen LogP contribution in [0.5, 0.6) is 0 Å². The van der Waals surface area contributed by atoms with Crippen molar-refractivity contribution in [3.8, 4) is 5.95 Å². The molecule has 21 heavy (non-hydrogen) atoms. The normalized spacial score (nSPS) is 22.2. The standard InChI is InChI=1S/C14H21N7/c1-10-6-3-4-7-11(10)20(2)13-17-12(15)18-14(19-13)21-9-5-8-16-21/h5,8-11H,3-4,6-7H2,1-2H3,(H2,15,17,18,19). The van der Waals surface area contributed by atoms with Gasteiger partial charge in [-0.05, 0) is 24.8 Å². The second-order valence-electron chi connectivity index (χ2n) is 5.68. The Hall–Kier alpha value is -2.18. The van der Waals surface area contributed by atoms with Crippen LogP contribution in [0, 0.1) is 5.92 Å². The lowest BCUT2D eigenvalue weighted by Crippen LogP contribution is -2.40. The summed E-state index contributed by atoms with van der Waals surface area (Å²) in [6.07, 6.45) is 8.46. The summed E-state index contributed by atoms with van der Waals surface area (Å²) >= 11 is 0. The number of rotatable bonds is 3. The first-order valence-corrected chi connectivity index (χ1v) is 7.39. The molecule has 0 saturated heterocycles. The third-order valence-electron chi connectivity index (χ3n) is 4.22. The highest BCUT2D eigenvalue weighted by Crippen LogP contribution is 2.29. The first kappa shape index (κ1) is 13.8. The Morgan fingerprint density at radius 1 is 1.24 bits per heavy atom. The molecule has 1 fully saturated rings. The fraction of sp³-hybridized carbons (Fsp3) is 0.571. The van der Waals surface area contributed by atoms with Crippen molar-refractivity contribution in [2.45, 2.75) is 38.6 Å². The summed E-state index contributed by atoms with van der Waals surface area (Å²) < 4.78 is 1.60. The zero-order chi connectivity index (χ0) is 14.8. The van der Waals surface area contributed by atoms with Crippen molar-refractivity contribution < 1.29 is 0 Å². The van der Waals surface area contributed by atoms with Crippen LogP contribution in [0.1, 0.15) is 32.6 Å². The molecule has 1 aliphatic rings. The van der Waals surface area contributed by atoms with E-state index >= 15 is 0 Å². The maximum absolute atomic E-state index is 5.84. The van der Waals surface area contributed by atoms with Gasteiger partial charge in [-0.1, -0.05) is 19.8 Å². The van der Waals surface area contributed by atoms with Crippen LogP contribution in [0.2, 0.25) is 0 Å². The van der Waals surface area contributed by atoms with E-state index in [1.165, 1.54) is 25.7 Å². The molecule has 0 aliphatic heterocycles. The number of nitrogens with two attached hydrogens (primary N) is 1. The van der Waals surface area contributed by atoms with Crippen molar-refractivity contribution in [2.24, 2.45) is 5.92 Å². The van der Waals surface area contributed by atoms with Crippen LogP contribution in [0.15, 0.2) is 18.5 Å². The van der Waals surface area contributed by atoms with Crippen molar-refractivity contribution in [1.29, 1.82) is 0 Å². The van der Waals surface area contributed by atoms with Gasteiger partial charge in [0.2, 0.25) is 11.9 Å². The lowest BCUT2D eigenvalue weighted by atomic mass is 9.85. The fourth-order valence-corrected chi connectivity index (χ4v) is 3.04. The van der Waals surface area contributed by atoms with E-state index < -0.39 is 0 Å². The summed E-state index contributed by atoms with van der Waals surface area (Å²) in [5.74, 6) is 1.93. The van der Waals surface area contributed by atoms with Crippen LogP contribution in [0.3, 0.4) is 0 Å². The van der Waals surface area contributed by atoms with E-state index in [9.17, 15) is 0 Å². The summed E-state index contributed by atoms with van der Waals surface area (Å²) in [4.78, 5) is 15.1. The van der Waals surface area contributed by atoms with E-state index in [1.807, 2.05) is 13.1 Å². The van der Waals surface area contributed by atoms with E-state index in [0.717, 1.165) is 0 Å². The van der Waals surface area contributed by atoms with E-state index in [4.69, 9.17) is 5.73 Å². The number of hydrogen-bond donors (Lipinski definition) is 1. The van der Waals surface area contributed by atoms with E-state index in [-0.39, 0.29) is 5.95 Å². The minimum atomic E-state index is 0.223. The van der Waals surface area contributed by atoms with Crippen molar-refractivity contribution in [1.82, 2.24) is 24.7 Å². The van der Waals surface area contributed by atoms with Gasteiger partial charge >= 0.3 is 0 Å². The Morgan fingerprint density at radius 3 is 2.76 bits per heavy atom. The molecule has 2 atom stereocenters. The Morgan fingerprint density at radius 2 is 2.05 bits per heavy atom. The van der Waals surface area contributed by atoms with Gasteiger partial charge < -0.3 is 10.6 Å². The predicted molar refractivity (Wildman–Crippen MR) is 81.2 cm³/mol. The Labute approximate surface area is 124 Å². The van der Waals surface area contributed by atoms with Crippen LogP contribution in [0.4, 0.5) is 11.9 Å².